The van der Waals surface area contributed by atoms with Gasteiger partial charge in [-0.25, -0.2) is 5.43 Å². The lowest BCUT2D eigenvalue weighted by atomic mass is 9.83. The number of aryl methyl sites for hydroxylation is 1. The van der Waals surface area contributed by atoms with E-state index in [2.05, 4.69) is 27.6 Å². The van der Waals surface area contributed by atoms with Crippen molar-refractivity contribution in [3.8, 4) is 11.5 Å². The third-order valence-electron chi connectivity index (χ3n) is 7.53. The van der Waals surface area contributed by atoms with E-state index < -0.39 is 6.10 Å². The van der Waals surface area contributed by atoms with E-state index in [0.717, 1.165) is 60.7 Å². The Morgan fingerprint density at radius 2 is 1.98 bits per heavy atom. The zero-order valence-electron chi connectivity index (χ0n) is 23.1. The van der Waals surface area contributed by atoms with Crippen LogP contribution in [0.25, 0.3) is 0 Å². The summed E-state index contributed by atoms with van der Waals surface area (Å²) in [5.74, 6) is 1.89. The number of aromatic nitrogens is 1. The standard InChI is InChI=1S/C31H35ClN4O4/c1-4-39-29-10-8-22(15-33-34-31(38)21(3)40-28-11-9-26(32)12-20(28)2)13-25(29)19-35-16-23-14-24(18-35)27-6-5-7-30(37)36(27)17-23/h5-13,15,21,23-24H,4,14,16-19H2,1-3H3,(H,34,38)/b33-15-/t21-,23-,24+/m1/s1. The molecule has 40 heavy (non-hydrogen) atoms. The van der Waals surface area contributed by atoms with Gasteiger partial charge in [-0.2, -0.15) is 5.10 Å². The van der Waals surface area contributed by atoms with Gasteiger partial charge in [-0.1, -0.05) is 17.7 Å². The summed E-state index contributed by atoms with van der Waals surface area (Å²) >= 11 is 6.01. The lowest BCUT2D eigenvalue weighted by molar-refractivity contribution is -0.127. The van der Waals surface area contributed by atoms with Crippen LogP contribution in [-0.4, -0.2) is 47.4 Å². The molecule has 2 bridgehead atoms. The van der Waals surface area contributed by atoms with E-state index in [0.29, 0.717) is 29.2 Å². The monoisotopic (exact) mass is 562 g/mol. The van der Waals surface area contributed by atoms with Gasteiger partial charge in [-0.05, 0) is 86.7 Å². The van der Waals surface area contributed by atoms with E-state index in [4.69, 9.17) is 21.1 Å². The number of hydrogen-bond donors (Lipinski definition) is 1. The Hall–Kier alpha value is -3.62. The van der Waals surface area contributed by atoms with Crippen LogP contribution in [0.4, 0.5) is 0 Å². The second-order valence-corrected chi connectivity index (χ2v) is 11.0. The van der Waals surface area contributed by atoms with E-state index >= 15 is 0 Å². The Balaban J connectivity index is 1.24. The molecule has 3 heterocycles. The number of pyridine rings is 1. The number of hydrogen-bond acceptors (Lipinski definition) is 6. The maximum absolute atomic E-state index is 12.6. The van der Waals surface area contributed by atoms with Gasteiger partial charge in [-0.3, -0.25) is 14.5 Å². The quantitative estimate of drug-likeness (QED) is 0.301. The minimum Gasteiger partial charge on any atom is -0.494 e. The van der Waals surface area contributed by atoms with Crippen molar-refractivity contribution < 1.29 is 14.3 Å². The van der Waals surface area contributed by atoms with E-state index in [1.807, 2.05) is 36.6 Å². The SMILES string of the molecule is CCOc1ccc(/C=N\NC(=O)[C@@H](C)Oc2ccc(Cl)cc2C)cc1CN1C[C@H]2C[C@@H](C1)c1cccc(=O)n1C2. The first-order valence-electron chi connectivity index (χ1n) is 13.7. The summed E-state index contributed by atoms with van der Waals surface area (Å²) in [6, 6.07) is 16.8. The average molecular weight is 563 g/mol. The summed E-state index contributed by atoms with van der Waals surface area (Å²) in [7, 11) is 0. The predicted molar refractivity (Wildman–Crippen MR) is 156 cm³/mol. The van der Waals surface area contributed by atoms with Crippen LogP contribution in [0.1, 0.15) is 48.6 Å². The van der Waals surface area contributed by atoms with Crippen molar-refractivity contribution in [1.29, 1.82) is 0 Å². The summed E-state index contributed by atoms with van der Waals surface area (Å²) in [6.45, 7) is 9.44. The summed E-state index contributed by atoms with van der Waals surface area (Å²) in [6.07, 6.45) is 2.02. The topological polar surface area (TPSA) is 85.2 Å². The highest BCUT2D eigenvalue weighted by Crippen LogP contribution is 2.36. The van der Waals surface area contributed by atoms with E-state index in [9.17, 15) is 9.59 Å². The lowest BCUT2D eigenvalue weighted by Gasteiger charge is -2.43. The molecule has 0 saturated carbocycles. The summed E-state index contributed by atoms with van der Waals surface area (Å²) in [4.78, 5) is 27.4. The molecule has 3 aromatic rings. The fraction of sp³-hybridized carbons (Fsp3) is 0.387. The number of nitrogens with one attached hydrogen (secondary N) is 1. The molecule has 2 aliphatic heterocycles. The Bertz CT molecular complexity index is 1470. The molecular weight excluding hydrogens is 528 g/mol. The van der Waals surface area contributed by atoms with Crippen molar-refractivity contribution in [3.63, 3.8) is 0 Å². The minimum absolute atomic E-state index is 0.0967. The lowest BCUT2D eigenvalue weighted by Crippen LogP contribution is -2.46. The molecule has 1 fully saturated rings. The van der Waals surface area contributed by atoms with Gasteiger partial charge >= 0.3 is 0 Å². The number of nitrogens with zero attached hydrogens (tertiary/aromatic N) is 3. The Morgan fingerprint density at radius 1 is 1.15 bits per heavy atom. The fourth-order valence-corrected chi connectivity index (χ4v) is 5.94. The first-order chi connectivity index (χ1) is 19.3. The highest BCUT2D eigenvalue weighted by Gasteiger charge is 2.34. The molecule has 5 rings (SSSR count). The number of fused-ring (bicyclic) bond motifs is 4. The average Bonchev–Trinajstić information content (AvgIpc) is 2.92. The number of halogens is 1. The van der Waals surface area contributed by atoms with Crippen LogP contribution >= 0.6 is 11.6 Å². The number of rotatable bonds is 9. The third kappa shape index (κ3) is 6.40. The highest BCUT2D eigenvalue weighted by molar-refractivity contribution is 6.30. The molecule has 0 aliphatic carbocycles. The minimum atomic E-state index is -0.729. The maximum atomic E-state index is 12.6. The molecule has 2 aliphatic rings. The Labute approximate surface area is 239 Å². The molecule has 9 heteroatoms. The van der Waals surface area contributed by atoms with Gasteiger partial charge in [0.25, 0.3) is 11.5 Å². The van der Waals surface area contributed by atoms with Crippen molar-refractivity contribution in [2.75, 3.05) is 19.7 Å². The van der Waals surface area contributed by atoms with Gasteiger partial charge in [0.1, 0.15) is 11.5 Å². The zero-order valence-corrected chi connectivity index (χ0v) is 23.9. The van der Waals surface area contributed by atoms with Gasteiger partial charge in [0.2, 0.25) is 0 Å². The summed E-state index contributed by atoms with van der Waals surface area (Å²) < 4.78 is 13.7. The van der Waals surface area contributed by atoms with Gasteiger partial charge < -0.3 is 14.0 Å². The Morgan fingerprint density at radius 3 is 2.77 bits per heavy atom. The van der Waals surface area contributed by atoms with Crippen molar-refractivity contribution in [1.82, 2.24) is 14.9 Å². The zero-order chi connectivity index (χ0) is 28.2. The number of benzene rings is 2. The number of carbonyl (C=O) groups is 1. The van der Waals surface area contributed by atoms with Crippen molar-refractivity contribution in [2.24, 2.45) is 11.0 Å². The largest absolute Gasteiger partial charge is 0.494 e. The molecule has 1 saturated heterocycles. The van der Waals surface area contributed by atoms with E-state index in [1.165, 1.54) is 0 Å². The molecule has 0 radical (unpaired) electrons. The predicted octanol–water partition coefficient (Wildman–Crippen LogP) is 4.75. The van der Waals surface area contributed by atoms with Crippen molar-refractivity contribution >= 4 is 23.7 Å². The molecule has 8 nitrogen and oxygen atoms in total. The molecule has 3 atom stereocenters. The number of hydrazone groups is 1. The number of carbonyl (C=O) groups excluding carboxylic acids is 1. The van der Waals surface area contributed by atoms with Crippen LogP contribution in [0.3, 0.4) is 0 Å². The van der Waals surface area contributed by atoms with Crippen LogP contribution in [0, 0.1) is 12.8 Å². The van der Waals surface area contributed by atoms with Gasteiger partial charge in [0.15, 0.2) is 6.10 Å². The molecule has 210 valence electrons. The van der Waals surface area contributed by atoms with E-state index in [-0.39, 0.29) is 11.5 Å². The number of ether oxygens (including phenoxy) is 2. The van der Waals surface area contributed by atoms with Crippen LogP contribution in [0.15, 0.2) is 64.5 Å². The van der Waals surface area contributed by atoms with Crippen molar-refractivity contribution in [3.05, 3.63) is 92.4 Å². The van der Waals surface area contributed by atoms with Crippen LogP contribution in [0.2, 0.25) is 5.02 Å². The second kappa shape index (κ2) is 12.3. The number of amides is 1. The van der Waals surface area contributed by atoms with Gasteiger partial charge in [0, 0.05) is 54.4 Å². The molecule has 1 amide bonds. The molecule has 1 N–H and O–H groups in total. The van der Waals surface area contributed by atoms with Crippen LogP contribution < -0.4 is 20.5 Å². The second-order valence-electron chi connectivity index (χ2n) is 10.6. The fourth-order valence-electron chi connectivity index (χ4n) is 5.72. The summed E-state index contributed by atoms with van der Waals surface area (Å²) in [5.41, 5.74) is 6.59. The first-order valence-corrected chi connectivity index (χ1v) is 14.1. The molecule has 2 aromatic carbocycles. The first kappa shape index (κ1) is 27.9. The van der Waals surface area contributed by atoms with Crippen LogP contribution in [0.5, 0.6) is 11.5 Å². The number of likely N-dealkylation sites (tertiary alicyclic amines) is 1. The van der Waals surface area contributed by atoms with Gasteiger partial charge in [0.05, 0.1) is 12.8 Å². The molecule has 1 aromatic heterocycles. The van der Waals surface area contributed by atoms with Gasteiger partial charge in [-0.15, -0.1) is 0 Å². The normalized spacial score (nSPS) is 19.2. The smallest absolute Gasteiger partial charge is 0.280 e. The summed E-state index contributed by atoms with van der Waals surface area (Å²) in [5, 5.41) is 4.79. The number of piperidine rings is 1. The highest BCUT2D eigenvalue weighted by atomic mass is 35.5. The molecular formula is C31H35ClN4O4. The molecule has 0 unspecified atom stereocenters. The van der Waals surface area contributed by atoms with E-state index in [1.54, 1.807) is 37.4 Å². The third-order valence-corrected chi connectivity index (χ3v) is 7.77. The van der Waals surface area contributed by atoms with Crippen LogP contribution in [-0.2, 0) is 17.9 Å². The van der Waals surface area contributed by atoms with Crippen molar-refractivity contribution in [2.45, 2.75) is 52.3 Å². The molecule has 0 spiro atoms. The Kier molecular flexibility index (Phi) is 8.57. The maximum Gasteiger partial charge on any atom is 0.280 e.